The maximum absolute atomic E-state index is 5.93. The van der Waals surface area contributed by atoms with Crippen molar-refractivity contribution in [1.29, 1.82) is 0 Å². The number of hydrogen-bond acceptors (Lipinski definition) is 4. The van der Waals surface area contributed by atoms with Crippen molar-refractivity contribution in [2.75, 3.05) is 33.0 Å². The summed E-state index contributed by atoms with van der Waals surface area (Å²) >= 11 is 0. The van der Waals surface area contributed by atoms with E-state index in [-0.39, 0.29) is 0 Å². The molecule has 2 aromatic carbocycles. The Morgan fingerprint density at radius 1 is 0.633 bits per heavy atom. The van der Waals surface area contributed by atoms with E-state index in [1.807, 2.05) is 36.4 Å². The summed E-state index contributed by atoms with van der Waals surface area (Å²) in [5.41, 5.74) is 1.21. The molecule has 3 atom stereocenters. The smallest absolute Gasteiger partial charge is 0.123 e. The maximum Gasteiger partial charge on any atom is 0.123 e. The van der Waals surface area contributed by atoms with Crippen LogP contribution in [-0.4, -0.2) is 33.0 Å². The fraction of sp³-hybridized carbons (Fsp3) is 0.538. The zero-order valence-corrected chi connectivity index (χ0v) is 19.2. The van der Waals surface area contributed by atoms with E-state index in [1.165, 1.54) is 5.56 Å². The molecule has 4 heteroatoms. The van der Waals surface area contributed by atoms with Crippen LogP contribution in [0.15, 0.2) is 48.5 Å². The van der Waals surface area contributed by atoms with Crippen LogP contribution in [0.1, 0.15) is 39.7 Å². The van der Waals surface area contributed by atoms with Gasteiger partial charge in [-0.15, -0.1) is 0 Å². The van der Waals surface area contributed by atoms with Gasteiger partial charge < -0.3 is 18.9 Å². The van der Waals surface area contributed by atoms with Crippen LogP contribution >= 0.6 is 0 Å². The van der Waals surface area contributed by atoms with Gasteiger partial charge in [0, 0.05) is 17.9 Å². The third-order valence-electron chi connectivity index (χ3n) is 4.90. The number of hydrogen-bond donors (Lipinski definition) is 0. The third-order valence-corrected chi connectivity index (χ3v) is 4.90. The average molecular weight is 415 g/mol. The molecule has 0 radical (unpaired) electrons. The van der Waals surface area contributed by atoms with Crippen molar-refractivity contribution in [2.45, 2.75) is 41.0 Å². The molecule has 0 aliphatic rings. The Bertz CT molecular complexity index is 730. The van der Waals surface area contributed by atoms with Gasteiger partial charge in [0.1, 0.15) is 17.2 Å². The topological polar surface area (TPSA) is 36.9 Å². The van der Waals surface area contributed by atoms with Gasteiger partial charge in [0.25, 0.3) is 0 Å². The molecule has 0 amide bonds. The lowest BCUT2D eigenvalue weighted by Gasteiger charge is -2.17. The zero-order chi connectivity index (χ0) is 21.8. The Kier molecular flexibility index (Phi) is 10.6. The Hall–Kier alpha value is -2.20. The first-order valence-corrected chi connectivity index (χ1v) is 11.1. The van der Waals surface area contributed by atoms with E-state index in [1.54, 1.807) is 0 Å². The molecule has 2 aromatic rings. The van der Waals surface area contributed by atoms with Gasteiger partial charge >= 0.3 is 0 Å². The van der Waals surface area contributed by atoms with Crippen molar-refractivity contribution in [1.82, 2.24) is 0 Å². The fourth-order valence-electron chi connectivity index (χ4n) is 2.76. The average Bonchev–Trinajstić information content (AvgIpc) is 2.75. The van der Waals surface area contributed by atoms with Gasteiger partial charge in [-0.2, -0.15) is 0 Å². The van der Waals surface area contributed by atoms with Gasteiger partial charge in [-0.05, 0) is 42.7 Å². The van der Waals surface area contributed by atoms with Crippen LogP contribution in [0.25, 0.3) is 0 Å². The number of ether oxygens (including phenoxy) is 4. The first-order chi connectivity index (χ1) is 14.5. The summed E-state index contributed by atoms with van der Waals surface area (Å²) in [4.78, 5) is 0. The minimum absolute atomic E-state index is 0.305. The number of benzene rings is 2. The Morgan fingerprint density at radius 2 is 1.10 bits per heavy atom. The molecule has 2 rings (SSSR count). The monoisotopic (exact) mass is 414 g/mol. The SMILES string of the molecule is CCC(C)COc1cccc(OCC(C)COCC(C)COc2cccc(C)c2)c1. The molecular weight excluding hydrogens is 376 g/mol. The van der Waals surface area contributed by atoms with Crippen molar-refractivity contribution in [2.24, 2.45) is 17.8 Å². The normalized spacial score (nSPS) is 14.0. The van der Waals surface area contributed by atoms with E-state index in [0.29, 0.717) is 44.2 Å². The second kappa shape index (κ2) is 13.2. The van der Waals surface area contributed by atoms with E-state index in [0.717, 1.165) is 30.3 Å². The zero-order valence-electron chi connectivity index (χ0n) is 19.2. The summed E-state index contributed by atoms with van der Waals surface area (Å²) in [6, 6.07) is 16.0. The standard InChI is InChI=1S/C26H38O4/c1-6-20(2)17-28-25-11-8-12-26(14-25)30-19-23(5)16-27-15-22(4)18-29-24-10-7-9-21(3)13-24/h7-14,20,22-23H,6,15-19H2,1-5H3. The first-order valence-electron chi connectivity index (χ1n) is 11.1. The predicted octanol–water partition coefficient (Wildman–Crippen LogP) is 6.17. The van der Waals surface area contributed by atoms with Crippen LogP contribution in [0.4, 0.5) is 0 Å². The lowest BCUT2D eigenvalue weighted by molar-refractivity contribution is 0.0527. The summed E-state index contributed by atoms with van der Waals surface area (Å²) in [6.45, 7) is 14.1. The summed E-state index contributed by atoms with van der Waals surface area (Å²) in [6.07, 6.45) is 1.12. The molecule has 3 unspecified atom stereocenters. The van der Waals surface area contributed by atoms with Gasteiger partial charge in [0.2, 0.25) is 0 Å². The highest BCUT2D eigenvalue weighted by Gasteiger charge is 2.09. The molecule has 0 heterocycles. The van der Waals surface area contributed by atoms with Crippen molar-refractivity contribution in [3.05, 3.63) is 54.1 Å². The Morgan fingerprint density at radius 3 is 1.60 bits per heavy atom. The molecule has 0 saturated heterocycles. The fourth-order valence-corrected chi connectivity index (χ4v) is 2.76. The predicted molar refractivity (Wildman–Crippen MR) is 123 cm³/mol. The van der Waals surface area contributed by atoms with Crippen molar-refractivity contribution in [3.8, 4) is 17.2 Å². The quantitative estimate of drug-likeness (QED) is 0.371. The van der Waals surface area contributed by atoms with Gasteiger partial charge in [-0.3, -0.25) is 0 Å². The molecule has 0 bridgehead atoms. The number of aryl methyl sites for hydroxylation is 1. The lowest BCUT2D eigenvalue weighted by atomic mass is 10.1. The highest BCUT2D eigenvalue weighted by Crippen LogP contribution is 2.21. The first kappa shape index (κ1) is 24.1. The van der Waals surface area contributed by atoms with E-state index >= 15 is 0 Å². The highest BCUT2D eigenvalue weighted by molar-refractivity contribution is 5.33. The van der Waals surface area contributed by atoms with Crippen LogP contribution in [0.2, 0.25) is 0 Å². The van der Waals surface area contributed by atoms with Gasteiger partial charge in [-0.1, -0.05) is 52.3 Å². The summed E-state index contributed by atoms with van der Waals surface area (Å²) in [5, 5.41) is 0. The lowest BCUT2D eigenvalue weighted by Crippen LogP contribution is -2.20. The van der Waals surface area contributed by atoms with Crippen LogP contribution in [-0.2, 0) is 4.74 Å². The van der Waals surface area contributed by atoms with Gasteiger partial charge in [-0.25, -0.2) is 0 Å². The molecule has 0 aliphatic carbocycles. The number of rotatable bonds is 14. The summed E-state index contributed by atoms with van der Waals surface area (Å²) in [7, 11) is 0. The van der Waals surface area contributed by atoms with Gasteiger partial charge in [0.15, 0.2) is 0 Å². The highest BCUT2D eigenvalue weighted by atomic mass is 16.5. The molecule has 0 aromatic heterocycles. The molecule has 0 aliphatic heterocycles. The second-order valence-electron chi connectivity index (χ2n) is 8.49. The Labute approximate surface area is 182 Å². The van der Waals surface area contributed by atoms with Crippen LogP contribution in [0.5, 0.6) is 17.2 Å². The second-order valence-corrected chi connectivity index (χ2v) is 8.49. The molecule has 0 N–H and O–H groups in total. The minimum Gasteiger partial charge on any atom is -0.493 e. The Balaban J connectivity index is 1.62. The largest absolute Gasteiger partial charge is 0.493 e. The molecule has 0 saturated carbocycles. The molecule has 4 nitrogen and oxygen atoms in total. The summed E-state index contributed by atoms with van der Waals surface area (Å²) < 4.78 is 23.5. The van der Waals surface area contributed by atoms with Crippen molar-refractivity contribution in [3.63, 3.8) is 0 Å². The van der Waals surface area contributed by atoms with E-state index in [4.69, 9.17) is 18.9 Å². The van der Waals surface area contributed by atoms with E-state index in [9.17, 15) is 0 Å². The van der Waals surface area contributed by atoms with Gasteiger partial charge in [0.05, 0.1) is 33.0 Å². The van der Waals surface area contributed by atoms with E-state index < -0.39 is 0 Å². The van der Waals surface area contributed by atoms with Crippen LogP contribution < -0.4 is 14.2 Å². The molecular formula is C26H38O4. The van der Waals surface area contributed by atoms with Crippen molar-refractivity contribution < 1.29 is 18.9 Å². The van der Waals surface area contributed by atoms with Crippen molar-refractivity contribution >= 4 is 0 Å². The third kappa shape index (κ3) is 9.53. The molecule has 30 heavy (non-hydrogen) atoms. The summed E-state index contributed by atoms with van der Waals surface area (Å²) in [5.74, 6) is 3.80. The molecule has 0 fully saturated rings. The molecule has 166 valence electrons. The minimum atomic E-state index is 0.305. The van der Waals surface area contributed by atoms with E-state index in [2.05, 4.69) is 46.8 Å². The van der Waals surface area contributed by atoms with Crippen LogP contribution in [0.3, 0.4) is 0 Å². The maximum atomic E-state index is 5.93. The van der Waals surface area contributed by atoms with Crippen LogP contribution in [0, 0.1) is 24.7 Å². The molecule has 0 spiro atoms.